The summed E-state index contributed by atoms with van der Waals surface area (Å²) in [5.41, 5.74) is 0.443. The molecule has 0 aromatic rings. The highest BCUT2D eigenvalue weighted by Gasteiger charge is 2.45. The minimum atomic E-state index is -0.0848. The first kappa shape index (κ1) is 20.2. The van der Waals surface area contributed by atoms with E-state index in [-0.39, 0.29) is 23.2 Å². The van der Waals surface area contributed by atoms with E-state index in [1.165, 1.54) is 57.8 Å². The van der Waals surface area contributed by atoms with Gasteiger partial charge in [-0.25, -0.2) is 0 Å². The van der Waals surface area contributed by atoms with E-state index in [4.69, 9.17) is 4.74 Å². The SMILES string of the molecule is CC(=O)OC1CCC(C2CC(C)(C)NC(C)(C)C2)CC1C1CCCCC1. The topological polar surface area (TPSA) is 38.3 Å². The number of carbonyl (C=O) groups excluding carboxylic acids is 1. The van der Waals surface area contributed by atoms with Gasteiger partial charge in [0.2, 0.25) is 0 Å². The van der Waals surface area contributed by atoms with Gasteiger partial charge in [-0.2, -0.15) is 0 Å². The number of rotatable bonds is 3. The van der Waals surface area contributed by atoms with Crippen molar-refractivity contribution in [3.63, 3.8) is 0 Å². The van der Waals surface area contributed by atoms with Crippen LogP contribution in [0.1, 0.15) is 98.8 Å². The van der Waals surface area contributed by atoms with Crippen LogP contribution in [0, 0.1) is 23.7 Å². The van der Waals surface area contributed by atoms with Gasteiger partial charge in [0.05, 0.1) is 0 Å². The Labute approximate surface area is 161 Å². The number of piperidine rings is 1. The largest absolute Gasteiger partial charge is 0.462 e. The van der Waals surface area contributed by atoms with E-state index in [9.17, 15) is 4.79 Å². The molecule has 3 nitrogen and oxygen atoms in total. The molecule has 1 heterocycles. The molecule has 0 spiro atoms. The zero-order chi connectivity index (χ0) is 18.9. The molecule has 0 aromatic carbocycles. The maximum atomic E-state index is 11.7. The van der Waals surface area contributed by atoms with Crippen LogP contribution >= 0.6 is 0 Å². The normalized spacial score (nSPS) is 35.8. The molecule has 3 rings (SSSR count). The predicted octanol–water partition coefficient (Wildman–Crippen LogP) is 5.47. The summed E-state index contributed by atoms with van der Waals surface area (Å²) in [7, 11) is 0. The van der Waals surface area contributed by atoms with E-state index < -0.39 is 0 Å². The quantitative estimate of drug-likeness (QED) is 0.676. The Balaban J connectivity index is 1.72. The highest BCUT2D eigenvalue weighted by atomic mass is 16.5. The zero-order valence-corrected chi connectivity index (χ0v) is 17.8. The van der Waals surface area contributed by atoms with Crippen molar-refractivity contribution in [3.8, 4) is 0 Å². The van der Waals surface area contributed by atoms with Gasteiger partial charge < -0.3 is 10.1 Å². The molecule has 1 aliphatic heterocycles. The molecule has 0 aromatic heterocycles. The molecule has 1 N–H and O–H groups in total. The van der Waals surface area contributed by atoms with Crippen molar-refractivity contribution >= 4 is 5.97 Å². The van der Waals surface area contributed by atoms with Gasteiger partial charge in [-0.3, -0.25) is 4.79 Å². The van der Waals surface area contributed by atoms with Gasteiger partial charge in [0, 0.05) is 18.0 Å². The van der Waals surface area contributed by atoms with Crippen LogP contribution in [0.25, 0.3) is 0 Å². The summed E-state index contributed by atoms with van der Waals surface area (Å²) in [6, 6.07) is 0. The maximum absolute atomic E-state index is 11.7. The lowest BCUT2D eigenvalue weighted by Crippen LogP contribution is -2.59. The third-order valence-corrected chi connectivity index (χ3v) is 7.34. The number of hydrogen-bond acceptors (Lipinski definition) is 3. The molecule has 3 aliphatic rings. The number of ether oxygens (including phenoxy) is 1. The summed E-state index contributed by atoms with van der Waals surface area (Å²) in [4.78, 5) is 11.7. The van der Waals surface area contributed by atoms with E-state index in [2.05, 4.69) is 33.0 Å². The van der Waals surface area contributed by atoms with Crippen LogP contribution in [-0.2, 0) is 9.53 Å². The van der Waals surface area contributed by atoms with E-state index in [0.717, 1.165) is 24.2 Å². The standard InChI is InChI=1S/C23H41NO2/c1-16(25)26-21-12-11-18(13-20(21)17-9-7-6-8-10-17)19-14-22(2,3)24-23(4,5)15-19/h17-21,24H,6-15H2,1-5H3. The van der Waals surface area contributed by atoms with Crippen molar-refractivity contribution in [2.24, 2.45) is 23.7 Å². The lowest BCUT2D eigenvalue weighted by atomic mass is 9.62. The van der Waals surface area contributed by atoms with Gasteiger partial charge >= 0.3 is 5.97 Å². The Kier molecular flexibility index (Phi) is 6.06. The van der Waals surface area contributed by atoms with Gasteiger partial charge in [0.1, 0.15) is 6.10 Å². The van der Waals surface area contributed by atoms with Crippen molar-refractivity contribution in [2.45, 2.75) is 116 Å². The average molecular weight is 364 g/mol. The van der Waals surface area contributed by atoms with Gasteiger partial charge in [-0.05, 0) is 83.5 Å². The van der Waals surface area contributed by atoms with Gasteiger partial charge in [0.15, 0.2) is 0 Å². The molecular weight excluding hydrogens is 322 g/mol. The van der Waals surface area contributed by atoms with Crippen molar-refractivity contribution in [1.82, 2.24) is 5.32 Å². The lowest BCUT2D eigenvalue weighted by Gasteiger charge is -2.51. The first-order valence-electron chi connectivity index (χ1n) is 11.1. The second kappa shape index (κ2) is 7.81. The van der Waals surface area contributed by atoms with E-state index in [0.29, 0.717) is 5.92 Å². The number of hydrogen-bond donors (Lipinski definition) is 1. The first-order chi connectivity index (χ1) is 12.2. The fourth-order valence-corrected chi connectivity index (χ4v) is 6.79. The Morgan fingerprint density at radius 1 is 0.846 bits per heavy atom. The average Bonchev–Trinajstić information content (AvgIpc) is 2.52. The summed E-state index contributed by atoms with van der Waals surface area (Å²) in [5, 5.41) is 3.84. The van der Waals surface area contributed by atoms with E-state index in [1.54, 1.807) is 6.92 Å². The third kappa shape index (κ3) is 5.03. The highest BCUT2D eigenvalue weighted by molar-refractivity contribution is 5.66. The smallest absolute Gasteiger partial charge is 0.302 e. The zero-order valence-electron chi connectivity index (χ0n) is 17.8. The Bertz CT molecular complexity index is 476. The highest BCUT2D eigenvalue weighted by Crippen LogP contribution is 2.47. The minimum Gasteiger partial charge on any atom is -0.462 e. The predicted molar refractivity (Wildman–Crippen MR) is 107 cm³/mol. The molecule has 0 radical (unpaired) electrons. The second-order valence-corrected chi connectivity index (χ2v) is 10.8. The van der Waals surface area contributed by atoms with E-state index >= 15 is 0 Å². The van der Waals surface area contributed by atoms with Crippen molar-refractivity contribution in [1.29, 1.82) is 0 Å². The third-order valence-electron chi connectivity index (χ3n) is 7.34. The molecule has 1 saturated heterocycles. The molecule has 26 heavy (non-hydrogen) atoms. The van der Waals surface area contributed by atoms with Crippen LogP contribution in [0.5, 0.6) is 0 Å². The number of esters is 1. The molecule has 3 heteroatoms. The van der Waals surface area contributed by atoms with Gasteiger partial charge in [-0.15, -0.1) is 0 Å². The molecular formula is C23H41NO2. The molecule has 3 fully saturated rings. The summed E-state index contributed by atoms with van der Waals surface area (Å²) in [6.07, 6.45) is 13.1. The summed E-state index contributed by atoms with van der Waals surface area (Å²) in [6.45, 7) is 11.0. The number of carbonyl (C=O) groups is 1. The molecule has 0 bridgehead atoms. The van der Waals surface area contributed by atoms with Gasteiger partial charge in [0.25, 0.3) is 0 Å². The Morgan fingerprint density at radius 3 is 2.04 bits per heavy atom. The maximum Gasteiger partial charge on any atom is 0.302 e. The molecule has 2 aliphatic carbocycles. The molecule has 2 saturated carbocycles. The fourth-order valence-electron chi connectivity index (χ4n) is 6.79. The summed E-state index contributed by atoms with van der Waals surface area (Å²) < 4.78 is 5.82. The van der Waals surface area contributed by atoms with Crippen molar-refractivity contribution in [3.05, 3.63) is 0 Å². The minimum absolute atomic E-state index is 0.0848. The van der Waals surface area contributed by atoms with E-state index in [1.807, 2.05) is 0 Å². The van der Waals surface area contributed by atoms with Crippen LogP contribution in [0.4, 0.5) is 0 Å². The van der Waals surface area contributed by atoms with Gasteiger partial charge in [-0.1, -0.05) is 32.1 Å². The number of nitrogens with one attached hydrogen (secondary N) is 1. The molecule has 150 valence electrons. The lowest BCUT2D eigenvalue weighted by molar-refractivity contribution is -0.154. The van der Waals surface area contributed by atoms with Crippen molar-refractivity contribution in [2.75, 3.05) is 0 Å². The molecule has 3 atom stereocenters. The molecule has 0 amide bonds. The molecule has 3 unspecified atom stereocenters. The Morgan fingerprint density at radius 2 is 1.46 bits per heavy atom. The van der Waals surface area contributed by atoms with Crippen LogP contribution in [0.15, 0.2) is 0 Å². The van der Waals surface area contributed by atoms with Crippen LogP contribution in [0.3, 0.4) is 0 Å². The van der Waals surface area contributed by atoms with Crippen LogP contribution < -0.4 is 5.32 Å². The van der Waals surface area contributed by atoms with Crippen molar-refractivity contribution < 1.29 is 9.53 Å². The Hall–Kier alpha value is -0.570. The first-order valence-corrected chi connectivity index (χ1v) is 11.1. The monoisotopic (exact) mass is 363 g/mol. The summed E-state index contributed by atoms with van der Waals surface area (Å²) in [5.74, 6) is 2.89. The fraction of sp³-hybridized carbons (Fsp3) is 0.957. The van der Waals surface area contributed by atoms with Crippen LogP contribution in [0.2, 0.25) is 0 Å². The second-order valence-electron chi connectivity index (χ2n) is 10.8. The summed E-state index contributed by atoms with van der Waals surface area (Å²) >= 11 is 0. The van der Waals surface area contributed by atoms with Crippen LogP contribution in [-0.4, -0.2) is 23.2 Å².